The average Bonchev–Trinajstić information content (AvgIpc) is 2.67. The Morgan fingerprint density at radius 3 is 2.43 bits per heavy atom. The van der Waals surface area contributed by atoms with Gasteiger partial charge in [0, 0.05) is 19.4 Å². The number of aryl methyl sites for hydroxylation is 2. The lowest BCUT2D eigenvalue weighted by Gasteiger charge is -2.35. The first-order valence-electron chi connectivity index (χ1n) is 9.32. The highest BCUT2D eigenvalue weighted by atomic mass is 19.3. The molecule has 0 aliphatic carbocycles. The summed E-state index contributed by atoms with van der Waals surface area (Å²) in [6.45, 7) is 6.05. The number of ether oxygens (including phenoxy) is 3. The minimum Gasteiger partial charge on any atom is -0.460 e. The van der Waals surface area contributed by atoms with Crippen LogP contribution in [0.1, 0.15) is 29.7 Å². The van der Waals surface area contributed by atoms with Crippen molar-refractivity contribution in [2.75, 3.05) is 26.9 Å². The van der Waals surface area contributed by atoms with Crippen molar-refractivity contribution in [2.24, 2.45) is 0 Å². The number of carbonyl (C=O) groups excluding carboxylic acids is 2. The summed E-state index contributed by atoms with van der Waals surface area (Å²) in [6, 6.07) is 1.99. The van der Waals surface area contributed by atoms with E-state index in [4.69, 9.17) is 9.47 Å². The summed E-state index contributed by atoms with van der Waals surface area (Å²) in [5.74, 6) is -0.541. The van der Waals surface area contributed by atoms with Gasteiger partial charge >= 0.3 is 18.6 Å². The zero-order valence-electron chi connectivity index (χ0n) is 17.5. The minimum absolute atomic E-state index is 0.0491. The molecule has 7 nitrogen and oxygen atoms in total. The monoisotopic (exact) mass is 424 g/mol. The maximum atomic E-state index is 12.8. The predicted octanol–water partition coefficient (Wildman–Crippen LogP) is 3.62. The lowest BCUT2D eigenvalue weighted by molar-refractivity contribution is -0.140. The van der Waals surface area contributed by atoms with Crippen molar-refractivity contribution in [3.8, 4) is 5.75 Å². The van der Waals surface area contributed by atoms with Gasteiger partial charge in [0.1, 0.15) is 12.4 Å². The topological polar surface area (TPSA) is 77.1 Å². The first-order valence-corrected chi connectivity index (χ1v) is 9.32. The van der Waals surface area contributed by atoms with Crippen molar-refractivity contribution in [1.29, 1.82) is 0 Å². The SMILES string of the molecule is C=CCN1C(=O)N[C@@H](c2cc(C)c(OC(F)F)c(C)c2)C(C(=O)OCCOC)=C1C. The normalized spacial score (nSPS) is 16.6. The van der Waals surface area contributed by atoms with E-state index in [1.54, 1.807) is 39.0 Å². The Kier molecular flexibility index (Phi) is 7.93. The van der Waals surface area contributed by atoms with Crippen molar-refractivity contribution in [2.45, 2.75) is 33.4 Å². The van der Waals surface area contributed by atoms with Crippen LogP contribution < -0.4 is 10.1 Å². The number of hydrogen-bond acceptors (Lipinski definition) is 5. The Morgan fingerprint density at radius 2 is 1.90 bits per heavy atom. The number of halogens is 2. The molecular weight excluding hydrogens is 398 g/mol. The maximum Gasteiger partial charge on any atom is 0.387 e. The summed E-state index contributed by atoms with van der Waals surface area (Å²) in [6.07, 6.45) is 1.54. The molecule has 0 unspecified atom stereocenters. The van der Waals surface area contributed by atoms with E-state index in [0.29, 0.717) is 22.4 Å². The third-order valence-corrected chi connectivity index (χ3v) is 4.67. The van der Waals surface area contributed by atoms with Crippen LogP contribution in [0, 0.1) is 13.8 Å². The Labute approximate surface area is 174 Å². The van der Waals surface area contributed by atoms with Crippen LogP contribution in [0.15, 0.2) is 36.1 Å². The molecule has 0 aromatic heterocycles. The molecule has 0 bridgehead atoms. The summed E-state index contributed by atoms with van der Waals surface area (Å²) < 4.78 is 40.2. The van der Waals surface area contributed by atoms with Crippen LogP contribution >= 0.6 is 0 Å². The highest BCUT2D eigenvalue weighted by Gasteiger charge is 2.36. The second-order valence-electron chi connectivity index (χ2n) is 6.77. The van der Waals surface area contributed by atoms with E-state index >= 15 is 0 Å². The second-order valence-corrected chi connectivity index (χ2v) is 6.77. The standard InChI is InChI=1S/C21H26F2N2O5/c1-6-7-25-14(4)16(19(26)29-9-8-28-5)17(24-21(25)27)15-10-12(2)18(13(3)11-15)30-20(22)23/h6,10-11,17,20H,1,7-9H2,2-5H3,(H,24,27)/t17-/m0/s1. The number of nitrogens with one attached hydrogen (secondary N) is 1. The molecule has 0 spiro atoms. The molecule has 1 aromatic rings. The molecule has 1 aliphatic rings. The van der Waals surface area contributed by atoms with E-state index in [9.17, 15) is 18.4 Å². The third kappa shape index (κ3) is 5.15. The van der Waals surface area contributed by atoms with Gasteiger partial charge < -0.3 is 19.5 Å². The van der Waals surface area contributed by atoms with Crippen LogP contribution in [0.3, 0.4) is 0 Å². The van der Waals surface area contributed by atoms with Crippen molar-refractivity contribution in [1.82, 2.24) is 10.2 Å². The van der Waals surface area contributed by atoms with Crippen LogP contribution in [-0.4, -0.2) is 50.4 Å². The third-order valence-electron chi connectivity index (χ3n) is 4.67. The van der Waals surface area contributed by atoms with E-state index in [-0.39, 0.29) is 31.1 Å². The van der Waals surface area contributed by atoms with Gasteiger partial charge in [-0.2, -0.15) is 8.78 Å². The fourth-order valence-electron chi connectivity index (χ4n) is 3.37. The average molecular weight is 424 g/mol. The Morgan fingerprint density at radius 1 is 1.27 bits per heavy atom. The molecule has 0 saturated heterocycles. The number of esters is 1. The van der Waals surface area contributed by atoms with Gasteiger partial charge in [0.15, 0.2) is 0 Å². The zero-order chi connectivity index (χ0) is 22.4. The molecule has 0 fully saturated rings. The van der Waals surface area contributed by atoms with Crippen LogP contribution in [0.25, 0.3) is 0 Å². The maximum absolute atomic E-state index is 12.8. The zero-order valence-corrected chi connectivity index (χ0v) is 17.5. The number of carbonyl (C=O) groups is 2. The number of allylic oxidation sites excluding steroid dienone is 1. The number of nitrogens with zero attached hydrogens (tertiary/aromatic N) is 1. The van der Waals surface area contributed by atoms with E-state index in [1.165, 1.54) is 12.0 Å². The second kappa shape index (κ2) is 10.2. The number of urea groups is 1. The lowest BCUT2D eigenvalue weighted by Crippen LogP contribution is -2.48. The number of amides is 2. The molecule has 9 heteroatoms. The van der Waals surface area contributed by atoms with E-state index in [0.717, 1.165) is 0 Å². The summed E-state index contributed by atoms with van der Waals surface area (Å²) in [7, 11) is 1.49. The van der Waals surface area contributed by atoms with Gasteiger partial charge in [0.25, 0.3) is 0 Å². The molecule has 1 heterocycles. The van der Waals surface area contributed by atoms with Gasteiger partial charge in [-0.1, -0.05) is 6.08 Å². The number of hydrogen-bond donors (Lipinski definition) is 1. The van der Waals surface area contributed by atoms with Gasteiger partial charge in [-0.3, -0.25) is 4.90 Å². The van der Waals surface area contributed by atoms with Crippen LogP contribution in [0.4, 0.5) is 13.6 Å². The lowest BCUT2D eigenvalue weighted by atomic mass is 9.92. The quantitative estimate of drug-likeness (QED) is 0.372. The predicted molar refractivity (Wildman–Crippen MR) is 106 cm³/mol. The number of benzene rings is 1. The molecule has 2 rings (SSSR count). The summed E-state index contributed by atoms with van der Waals surface area (Å²) in [4.78, 5) is 26.8. The Balaban J connectivity index is 2.51. The molecule has 1 aliphatic heterocycles. The summed E-state index contributed by atoms with van der Waals surface area (Å²) in [5.41, 5.74) is 2.13. The van der Waals surface area contributed by atoms with Gasteiger partial charge in [-0.25, -0.2) is 9.59 Å². The molecule has 0 radical (unpaired) electrons. The van der Waals surface area contributed by atoms with E-state index < -0.39 is 24.7 Å². The van der Waals surface area contributed by atoms with Crippen molar-refractivity contribution in [3.63, 3.8) is 0 Å². The Hall–Kier alpha value is -2.94. The minimum atomic E-state index is -2.96. The van der Waals surface area contributed by atoms with E-state index in [2.05, 4.69) is 16.6 Å². The van der Waals surface area contributed by atoms with E-state index in [1.807, 2.05) is 0 Å². The van der Waals surface area contributed by atoms with Crippen molar-refractivity contribution < 1.29 is 32.6 Å². The molecule has 2 amide bonds. The van der Waals surface area contributed by atoms with Crippen molar-refractivity contribution >= 4 is 12.0 Å². The van der Waals surface area contributed by atoms with Crippen LogP contribution in [0.2, 0.25) is 0 Å². The van der Waals surface area contributed by atoms with Gasteiger partial charge in [0.05, 0.1) is 18.2 Å². The molecule has 164 valence electrons. The largest absolute Gasteiger partial charge is 0.460 e. The summed E-state index contributed by atoms with van der Waals surface area (Å²) >= 11 is 0. The highest BCUT2D eigenvalue weighted by Crippen LogP contribution is 2.35. The molecule has 1 N–H and O–H groups in total. The first kappa shape index (κ1) is 23.3. The number of rotatable bonds is 9. The van der Waals surface area contributed by atoms with Crippen molar-refractivity contribution in [3.05, 3.63) is 52.7 Å². The van der Waals surface area contributed by atoms with Gasteiger partial charge in [-0.15, -0.1) is 6.58 Å². The first-order chi connectivity index (χ1) is 14.2. The van der Waals surface area contributed by atoms with Gasteiger partial charge in [-0.05, 0) is 49.6 Å². The Bertz CT molecular complexity index is 831. The highest BCUT2D eigenvalue weighted by molar-refractivity contribution is 5.95. The van der Waals surface area contributed by atoms with Crippen LogP contribution in [-0.2, 0) is 14.3 Å². The molecular formula is C21H26F2N2O5. The molecule has 0 saturated carbocycles. The summed E-state index contributed by atoms with van der Waals surface area (Å²) in [5, 5.41) is 2.79. The molecule has 1 aromatic carbocycles. The smallest absolute Gasteiger partial charge is 0.387 e. The number of alkyl halides is 2. The van der Waals surface area contributed by atoms with Gasteiger partial charge in [0.2, 0.25) is 0 Å². The molecule has 30 heavy (non-hydrogen) atoms. The van der Waals surface area contributed by atoms with Crippen LogP contribution in [0.5, 0.6) is 5.75 Å². The molecule has 1 atom stereocenters. The number of methoxy groups -OCH3 is 1. The fraction of sp³-hybridized carbons (Fsp3) is 0.429. The fourth-order valence-corrected chi connectivity index (χ4v) is 3.37.